The highest BCUT2D eigenvalue weighted by Crippen LogP contribution is 2.34. The summed E-state index contributed by atoms with van der Waals surface area (Å²) in [7, 11) is 6.20. The highest BCUT2D eigenvalue weighted by atomic mass is 16.8. The van der Waals surface area contributed by atoms with Gasteiger partial charge in [0.05, 0.1) is 18.8 Å². The average molecular weight is 499 g/mol. The smallest absolute Gasteiger partial charge is 0.303 e. The van der Waals surface area contributed by atoms with E-state index in [1.165, 1.54) is 6.92 Å². The van der Waals surface area contributed by atoms with Gasteiger partial charge in [0.1, 0.15) is 30.5 Å². The predicted octanol–water partition coefficient (Wildman–Crippen LogP) is 2.07. The molecule has 10 heteroatoms. The van der Waals surface area contributed by atoms with Crippen LogP contribution in [0.4, 0.5) is 0 Å². The van der Waals surface area contributed by atoms with Gasteiger partial charge < -0.3 is 42.6 Å². The maximum absolute atomic E-state index is 12.0. The number of rotatable bonds is 10. The molecule has 2 aliphatic rings. The van der Waals surface area contributed by atoms with Crippen molar-refractivity contribution in [2.45, 2.75) is 88.8 Å². The summed E-state index contributed by atoms with van der Waals surface area (Å²) in [6, 6.07) is 9.78. The Bertz CT molecular complexity index is 777. The van der Waals surface area contributed by atoms with Gasteiger partial charge in [0.15, 0.2) is 18.7 Å². The highest BCUT2D eigenvalue weighted by molar-refractivity contribution is 5.66. The van der Waals surface area contributed by atoms with Gasteiger partial charge >= 0.3 is 5.97 Å². The molecule has 10 atom stereocenters. The monoisotopic (exact) mass is 498 g/mol. The van der Waals surface area contributed by atoms with E-state index in [0.29, 0.717) is 6.61 Å². The largest absolute Gasteiger partial charge is 0.454 e. The number of hydrogen-bond acceptors (Lipinski definition) is 10. The third-order valence-electron chi connectivity index (χ3n) is 6.38. The maximum Gasteiger partial charge on any atom is 0.303 e. The lowest BCUT2D eigenvalue weighted by Gasteiger charge is -2.48. The molecule has 2 saturated heterocycles. The van der Waals surface area contributed by atoms with E-state index < -0.39 is 67.4 Å². The number of carbonyl (C=O) groups excluding carboxylic acids is 1. The molecule has 0 aliphatic carbocycles. The molecule has 0 saturated carbocycles. The second-order valence-corrected chi connectivity index (χ2v) is 8.69. The van der Waals surface area contributed by atoms with Crippen molar-refractivity contribution in [1.82, 2.24) is 0 Å². The van der Waals surface area contributed by atoms with Crippen LogP contribution in [0.25, 0.3) is 0 Å². The van der Waals surface area contributed by atoms with Crippen LogP contribution in [0.5, 0.6) is 0 Å². The van der Waals surface area contributed by atoms with Crippen LogP contribution in [0.3, 0.4) is 0 Å². The van der Waals surface area contributed by atoms with Gasteiger partial charge in [-0.15, -0.1) is 0 Å². The molecule has 0 N–H and O–H groups in total. The molecule has 0 aromatic heterocycles. The lowest BCUT2D eigenvalue weighted by molar-refractivity contribution is -0.358. The zero-order chi connectivity index (χ0) is 25.5. The molecule has 1 aromatic carbocycles. The second-order valence-electron chi connectivity index (χ2n) is 8.69. The van der Waals surface area contributed by atoms with Crippen molar-refractivity contribution in [2.24, 2.45) is 0 Å². The number of ether oxygens (including phenoxy) is 9. The van der Waals surface area contributed by atoms with Gasteiger partial charge in [-0.25, -0.2) is 0 Å². The van der Waals surface area contributed by atoms with Gasteiger partial charge in [0.25, 0.3) is 0 Å². The summed E-state index contributed by atoms with van der Waals surface area (Å²) in [5.41, 5.74) is 1.01. The van der Waals surface area contributed by atoms with E-state index in [0.717, 1.165) is 5.56 Å². The number of methoxy groups -OCH3 is 4. The Hall–Kier alpha value is -1.63. The number of hydrogen-bond donors (Lipinski definition) is 0. The molecular formula is C25H38O10. The van der Waals surface area contributed by atoms with Crippen LogP contribution in [0.1, 0.15) is 26.3 Å². The van der Waals surface area contributed by atoms with E-state index in [4.69, 9.17) is 42.6 Å². The third-order valence-corrected chi connectivity index (χ3v) is 6.38. The van der Waals surface area contributed by atoms with Crippen molar-refractivity contribution in [3.05, 3.63) is 35.9 Å². The van der Waals surface area contributed by atoms with Crippen LogP contribution in [-0.2, 0) is 54.0 Å². The van der Waals surface area contributed by atoms with Crippen LogP contribution in [0, 0.1) is 0 Å². The summed E-state index contributed by atoms with van der Waals surface area (Å²) in [4.78, 5) is 12.0. The molecule has 198 valence electrons. The SMILES string of the molecule is CO[C@@H]1O[C@@H](C)[C@H](O[C@@H]2O[C@@H](C)[C@H](OCc3ccccc3)[C@@H](OC)[C@H]2OC(C)=O)[C@@H](OC)[C@H]1OC. The highest BCUT2D eigenvalue weighted by Gasteiger charge is 2.52. The Morgan fingerprint density at radius 3 is 1.89 bits per heavy atom. The quantitative estimate of drug-likeness (QED) is 0.446. The zero-order valence-corrected chi connectivity index (χ0v) is 21.4. The second kappa shape index (κ2) is 13.1. The van der Waals surface area contributed by atoms with Crippen molar-refractivity contribution in [2.75, 3.05) is 28.4 Å². The molecular weight excluding hydrogens is 460 g/mol. The van der Waals surface area contributed by atoms with Gasteiger partial charge in [-0.1, -0.05) is 30.3 Å². The normalized spacial score (nSPS) is 37.7. The van der Waals surface area contributed by atoms with Crippen LogP contribution < -0.4 is 0 Å². The van der Waals surface area contributed by atoms with Crippen molar-refractivity contribution in [3.8, 4) is 0 Å². The third kappa shape index (κ3) is 6.58. The first-order valence-electron chi connectivity index (χ1n) is 11.7. The first kappa shape index (κ1) is 27.9. The zero-order valence-electron chi connectivity index (χ0n) is 21.4. The van der Waals surface area contributed by atoms with Gasteiger partial charge in [-0.3, -0.25) is 4.79 Å². The first-order valence-corrected chi connectivity index (χ1v) is 11.7. The summed E-state index contributed by atoms with van der Waals surface area (Å²) in [5, 5.41) is 0. The molecule has 0 unspecified atom stereocenters. The molecule has 0 amide bonds. The van der Waals surface area contributed by atoms with Crippen molar-refractivity contribution in [1.29, 1.82) is 0 Å². The molecule has 35 heavy (non-hydrogen) atoms. The molecule has 2 aliphatic heterocycles. The summed E-state index contributed by atoms with van der Waals surface area (Å²) < 4.78 is 52.9. The number of benzene rings is 1. The molecule has 0 bridgehead atoms. The molecule has 3 rings (SSSR count). The standard InChI is InChI=1S/C25H38O10/c1-14-18(31-13-17-11-9-8-10-12-17)20(27-4)23(34-16(3)26)25(33-14)35-19-15(2)32-24(30-7)22(29-6)21(19)28-5/h8-12,14-15,18-25H,13H2,1-7H3/t14-,15-,18-,19-,20+,21+,22+,23+,24+,25-/m0/s1. The Balaban J connectivity index is 1.81. The summed E-state index contributed by atoms with van der Waals surface area (Å²) >= 11 is 0. The Kier molecular flexibility index (Phi) is 10.4. The van der Waals surface area contributed by atoms with Crippen LogP contribution in [0.15, 0.2) is 30.3 Å². The van der Waals surface area contributed by atoms with E-state index >= 15 is 0 Å². The maximum atomic E-state index is 12.0. The molecule has 0 spiro atoms. The van der Waals surface area contributed by atoms with Crippen molar-refractivity contribution < 1.29 is 47.4 Å². The lowest BCUT2D eigenvalue weighted by Crippen LogP contribution is -2.64. The minimum atomic E-state index is -0.958. The molecule has 0 radical (unpaired) electrons. The molecule has 1 aromatic rings. The van der Waals surface area contributed by atoms with Crippen molar-refractivity contribution in [3.63, 3.8) is 0 Å². The fourth-order valence-corrected chi connectivity index (χ4v) is 4.69. The summed E-state index contributed by atoms with van der Waals surface area (Å²) in [5.74, 6) is -0.490. The minimum absolute atomic E-state index is 0.352. The lowest BCUT2D eigenvalue weighted by atomic mass is 9.97. The molecule has 2 heterocycles. The first-order chi connectivity index (χ1) is 16.8. The van der Waals surface area contributed by atoms with E-state index in [1.807, 2.05) is 44.2 Å². The van der Waals surface area contributed by atoms with Gasteiger partial charge in [-0.2, -0.15) is 0 Å². The van der Waals surface area contributed by atoms with Gasteiger partial charge in [-0.05, 0) is 19.4 Å². The van der Waals surface area contributed by atoms with E-state index in [2.05, 4.69) is 0 Å². The Labute approximate surface area is 207 Å². The number of carbonyl (C=O) groups is 1. The fourth-order valence-electron chi connectivity index (χ4n) is 4.69. The fraction of sp³-hybridized carbons (Fsp3) is 0.720. The topological polar surface area (TPSA) is 100 Å². The molecule has 10 nitrogen and oxygen atoms in total. The van der Waals surface area contributed by atoms with Gasteiger partial charge in [0, 0.05) is 35.4 Å². The Morgan fingerprint density at radius 2 is 1.31 bits per heavy atom. The molecule has 2 fully saturated rings. The van der Waals surface area contributed by atoms with E-state index in [9.17, 15) is 4.79 Å². The number of esters is 1. The summed E-state index contributed by atoms with van der Waals surface area (Å²) in [6.07, 6.45) is -6.15. The van der Waals surface area contributed by atoms with E-state index in [-0.39, 0.29) is 0 Å². The Morgan fingerprint density at radius 1 is 0.743 bits per heavy atom. The minimum Gasteiger partial charge on any atom is -0.454 e. The van der Waals surface area contributed by atoms with Crippen LogP contribution >= 0.6 is 0 Å². The predicted molar refractivity (Wildman–Crippen MR) is 124 cm³/mol. The van der Waals surface area contributed by atoms with Crippen LogP contribution in [0.2, 0.25) is 0 Å². The van der Waals surface area contributed by atoms with Gasteiger partial charge in [0.2, 0.25) is 0 Å². The van der Waals surface area contributed by atoms with Crippen LogP contribution in [-0.4, -0.2) is 95.8 Å². The van der Waals surface area contributed by atoms with Crippen molar-refractivity contribution >= 4 is 5.97 Å². The van der Waals surface area contributed by atoms with E-state index in [1.54, 1.807) is 28.4 Å². The average Bonchev–Trinajstić information content (AvgIpc) is 2.85. The summed E-state index contributed by atoms with van der Waals surface area (Å²) in [6.45, 7) is 5.40.